The zero-order valence-corrected chi connectivity index (χ0v) is 13.4. The molecule has 3 rings (SSSR count). The van der Waals surface area contributed by atoms with Crippen molar-refractivity contribution in [2.45, 2.75) is 6.54 Å². The third-order valence-corrected chi connectivity index (χ3v) is 3.73. The van der Waals surface area contributed by atoms with Gasteiger partial charge < -0.3 is 5.32 Å². The summed E-state index contributed by atoms with van der Waals surface area (Å²) in [6, 6.07) is 9.34. The highest BCUT2D eigenvalue weighted by atomic mass is 35.5. The quantitative estimate of drug-likeness (QED) is 0.773. The second-order valence-electron chi connectivity index (χ2n) is 5.08. The zero-order valence-electron chi connectivity index (χ0n) is 12.6. The summed E-state index contributed by atoms with van der Waals surface area (Å²) in [6.07, 6.45) is 5.26. The number of amides is 1. The van der Waals surface area contributed by atoms with Crippen molar-refractivity contribution < 1.29 is 9.18 Å². The predicted octanol–water partition coefficient (Wildman–Crippen LogP) is 3.17. The Labute approximate surface area is 143 Å². The van der Waals surface area contributed by atoms with Gasteiger partial charge >= 0.3 is 0 Å². The average molecular weight is 345 g/mol. The van der Waals surface area contributed by atoms with Crippen LogP contribution in [0.4, 0.5) is 4.39 Å². The monoisotopic (exact) mass is 344 g/mol. The van der Waals surface area contributed by atoms with Crippen LogP contribution in [0.2, 0.25) is 5.02 Å². The van der Waals surface area contributed by atoms with Crippen molar-refractivity contribution in [3.8, 4) is 11.3 Å². The van der Waals surface area contributed by atoms with E-state index >= 15 is 0 Å². The van der Waals surface area contributed by atoms with Crippen LogP contribution in [0.15, 0.2) is 55.0 Å². The van der Waals surface area contributed by atoms with Crippen molar-refractivity contribution in [2.24, 2.45) is 0 Å². The van der Waals surface area contributed by atoms with E-state index in [0.29, 0.717) is 13.1 Å². The lowest BCUT2D eigenvalue weighted by Gasteiger charge is -2.07. The molecular formula is C17H14ClFN4O. The highest BCUT2D eigenvalue weighted by Gasteiger charge is 2.10. The molecule has 0 aliphatic carbocycles. The maximum atomic E-state index is 13.0. The van der Waals surface area contributed by atoms with Crippen LogP contribution in [-0.4, -0.2) is 27.2 Å². The third kappa shape index (κ3) is 3.78. The number of nitrogens with one attached hydrogen (secondary N) is 1. The van der Waals surface area contributed by atoms with E-state index < -0.39 is 5.82 Å². The smallest absolute Gasteiger partial charge is 0.252 e. The fourth-order valence-corrected chi connectivity index (χ4v) is 2.47. The summed E-state index contributed by atoms with van der Waals surface area (Å²) in [5.74, 6) is -0.821. The summed E-state index contributed by atoms with van der Waals surface area (Å²) < 4.78 is 14.7. The second-order valence-corrected chi connectivity index (χ2v) is 5.49. The molecule has 2 aromatic heterocycles. The summed E-state index contributed by atoms with van der Waals surface area (Å²) >= 11 is 5.87. The molecule has 2 heterocycles. The molecule has 0 saturated carbocycles. The summed E-state index contributed by atoms with van der Waals surface area (Å²) in [6.45, 7) is 0.889. The molecule has 0 bridgehead atoms. The Bertz CT molecular complexity index is 851. The Morgan fingerprint density at radius 3 is 2.75 bits per heavy atom. The summed E-state index contributed by atoms with van der Waals surface area (Å²) in [5.41, 5.74) is 2.06. The van der Waals surface area contributed by atoms with Gasteiger partial charge in [0.1, 0.15) is 5.82 Å². The molecule has 1 amide bonds. The molecule has 122 valence electrons. The molecule has 0 spiro atoms. The number of carbonyl (C=O) groups is 1. The summed E-state index contributed by atoms with van der Waals surface area (Å²) in [4.78, 5) is 16.0. The Kier molecular flexibility index (Phi) is 4.86. The molecule has 1 aromatic carbocycles. The van der Waals surface area contributed by atoms with Gasteiger partial charge in [0.05, 0.1) is 22.8 Å². The van der Waals surface area contributed by atoms with Crippen LogP contribution < -0.4 is 5.32 Å². The van der Waals surface area contributed by atoms with E-state index in [-0.39, 0.29) is 16.5 Å². The van der Waals surface area contributed by atoms with E-state index in [1.165, 1.54) is 12.1 Å². The minimum absolute atomic E-state index is 0.0894. The largest absolute Gasteiger partial charge is 0.350 e. The first-order valence-electron chi connectivity index (χ1n) is 7.30. The second kappa shape index (κ2) is 7.23. The van der Waals surface area contributed by atoms with Gasteiger partial charge in [-0.05, 0) is 36.4 Å². The van der Waals surface area contributed by atoms with Crippen LogP contribution in [0, 0.1) is 5.82 Å². The van der Waals surface area contributed by atoms with Gasteiger partial charge in [-0.25, -0.2) is 4.39 Å². The normalized spacial score (nSPS) is 10.6. The van der Waals surface area contributed by atoms with Crippen LogP contribution in [0.1, 0.15) is 10.4 Å². The molecule has 7 heteroatoms. The van der Waals surface area contributed by atoms with Crippen LogP contribution in [-0.2, 0) is 6.54 Å². The van der Waals surface area contributed by atoms with Gasteiger partial charge in [-0.2, -0.15) is 5.10 Å². The topological polar surface area (TPSA) is 59.8 Å². The van der Waals surface area contributed by atoms with E-state index in [2.05, 4.69) is 15.4 Å². The number of aromatic nitrogens is 3. The Morgan fingerprint density at radius 1 is 1.21 bits per heavy atom. The number of hydrogen-bond acceptors (Lipinski definition) is 3. The first-order chi connectivity index (χ1) is 11.6. The van der Waals surface area contributed by atoms with Gasteiger partial charge in [0.25, 0.3) is 5.91 Å². The molecule has 0 fully saturated rings. The van der Waals surface area contributed by atoms with Gasteiger partial charge in [-0.15, -0.1) is 0 Å². The summed E-state index contributed by atoms with van der Waals surface area (Å²) in [7, 11) is 0. The van der Waals surface area contributed by atoms with Crippen LogP contribution in [0.25, 0.3) is 11.3 Å². The average Bonchev–Trinajstić information content (AvgIpc) is 3.04. The molecule has 0 saturated heterocycles. The van der Waals surface area contributed by atoms with Gasteiger partial charge in [0, 0.05) is 30.7 Å². The minimum Gasteiger partial charge on any atom is -0.350 e. The molecule has 0 aliphatic rings. The van der Waals surface area contributed by atoms with Crippen molar-refractivity contribution in [1.29, 1.82) is 0 Å². The van der Waals surface area contributed by atoms with Crippen molar-refractivity contribution in [2.75, 3.05) is 6.54 Å². The molecule has 0 radical (unpaired) electrons. The molecule has 24 heavy (non-hydrogen) atoms. The van der Waals surface area contributed by atoms with Gasteiger partial charge in [0.15, 0.2) is 0 Å². The lowest BCUT2D eigenvalue weighted by Crippen LogP contribution is -2.27. The van der Waals surface area contributed by atoms with Crippen molar-refractivity contribution in [3.05, 3.63) is 71.4 Å². The van der Waals surface area contributed by atoms with E-state index in [9.17, 15) is 9.18 Å². The van der Waals surface area contributed by atoms with E-state index in [0.717, 1.165) is 17.3 Å². The molecule has 5 nitrogen and oxygen atoms in total. The van der Waals surface area contributed by atoms with E-state index in [1.54, 1.807) is 17.1 Å². The molecule has 0 unspecified atom stereocenters. The fourth-order valence-electron chi connectivity index (χ4n) is 2.22. The standard InChI is InChI=1S/C17H14ClFN4O/c18-15-11-13(19)1-2-14(15)17(24)21-8-10-23-9-5-16(22-23)12-3-6-20-7-4-12/h1-7,9,11H,8,10H2,(H,21,24). The first-order valence-corrected chi connectivity index (χ1v) is 7.68. The predicted molar refractivity (Wildman–Crippen MR) is 89.2 cm³/mol. The van der Waals surface area contributed by atoms with Crippen molar-refractivity contribution in [1.82, 2.24) is 20.1 Å². The maximum absolute atomic E-state index is 13.0. The number of carbonyl (C=O) groups excluding carboxylic acids is 1. The SMILES string of the molecule is O=C(NCCn1ccc(-c2ccncc2)n1)c1ccc(F)cc1Cl. The number of halogens is 2. The molecule has 1 N–H and O–H groups in total. The number of hydrogen-bond donors (Lipinski definition) is 1. The summed E-state index contributed by atoms with van der Waals surface area (Å²) in [5, 5.41) is 7.27. The van der Waals surface area contributed by atoms with Crippen LogP contribution in [0.3, 0.4) is 0 Å². The first kappa shape index (κ1) is 16.1. The van der Waals surface area contributed by atoms with E-state index in [4.69, 9.17) is 11.6 Å². The zero-order chi connectivity index (χ0) is 16.9. The molecule has 0 atom stereocenters. The molecule has 3 aromatic rings. The van der Waals surface area contributed by atoms with Crippen LogP contribution >= 0.6 is 11.6 Å². The number of rotatable bonds is 5. The maximum Gasteiger partial charge on any atom is 0.252 e. The minimum atomic E-state index is -0.475. The lowest BCUT2D eigenvalue weighted by atomic mass is 10.2. The highest BCUT2D eigenvalue weighted by Crippen LogP contribution is 2.17. The highest BCUT2D eigenvalue weighted by molar-refractivity contribution is 6.33. The van der Waals surface area contributed by atoms with Crippen molar-refractivity contribution in [3.63, 3.8) is 0 Å². The molecular weight excluding hydrogens is 331 g/mol. The van der Waals surface area contributed by atoms with Gasteiger partial charge in [0.2, 0.25) is 0 Å². The molecule has 0 aliphatic heterocycles. The van der Waals surface area contributed by atoms with Gasteiger partial charge in [-0.1, -0.05) is 11.6 Å². The number of pyridine rings is 1. The van der Waals surface area contributed by atoms with Crippen LogP contribution in [0.5, 0.6) is 0 Å². The lowest BCUT2D eigenvalue weighted by molar-refractivity contribution is 0.0952. The third-order valence-electron chi connectivity index (χ3n) is 3.42. The Balaban J connectivity index is 1.57. The van der Waals surface area contributed by atoms with Gasteiger partial charge in [-0.3, -0.25) is 14.5 Å². The van der Waals surface area contributed by atoms with Crippen molar-refractivity contribution >= 4 is 17.5 Å². The Hall–Kier alpha value is -2.73. The Morgan fingerprint density at radius 2 is 2.00 bits per heavy atom. The fraction of sp³-hybridized carbons (Fsp3) is 0.118. The number of nitrogens with zero attached hydrogens (tertiary/aromatic N) is 3. The van der Waals surface area contributed by atoms with E-state index in [1.807, 2.05) is 24.4 Å². The number of benzene rings is 1.